The van der Waals surface area contributed by atoms with Crippen molar-refractivity contribution in [2.24, 2.45) is 0 Å². The van der Waals surface area contributed by atoms with Crippen molar-refractivity contribution < 1.29 is 8.42 Å². The van der Waals surface area contributed by atoms with E-state index in [1.54, 1.807) is 6.92 Å². The van der Waals surface area contributed by atoms with Crippen molar-refractivity contribution in [3.8, 4) is 0 Å². The third-order valence-corrected chi connectivity index (χ3v) is 4.83. The number of sulfonamides is 1. The number of benzene rings is 1. The summed E-state index contributed by atoms with van der Waals surface area (Å²) in [5.41, 5.74) is 0.506. The monoisotopic (exact) mass is 356 g/mol. The zero-order valence-electron chi connectivity index (χ0n) is 10.6. The first-order valence-electron chi connectivity index (χ1n) is 5.85. The fourth-order valence-corrected chi connectivity index (χ4v) is 3.15. The summed E-state index contributed by atoms with van der Waals surface area (Å²) < 4.78 is 27.8. The van der Waals surface area contributed by atoms with E-state index < -0.39 is 10.0 Å². The normalized spacial score (nSPS) is 13.1. The summed E-state index contributed by atoms with van der Waals surface area (Å²) in [5.74, 6) is 0. The molecule has 106 valence electrons. The quantitative estimate of drug-likeness (QED) is 0.880. The van der Waals surface area contributed by atoms with Crippen molar-refractivity contribution in [3.05, 3.63) is 63.0 Å². The molecule has 0 saturated carbocycles. The number of pyridine rings is 1. The van der Waals surface area contributed by atoms with Gasteiger partial charge in [0.15, 0.2) is 0 Å². The van der Waals surface area contributed by atoms with E-state index in [9.17, 15) is 13.2 Å². The Hall–Kier alpha value is -1.44. The Balaban J connectivity index is 2.21. The molecule has 20 heavy (non-hydrogen) atoms. The molecule has 0 radical (unpaired) electrons. The molecule has 2 aromatic rings. The van der Waals surface area contributed by atoms with Crippen LogP contribution in [-0.4, -0.2) is 13.4 Å². The molecule has 0 unspecified atom stereocenters. The first-order valence-corrected chi connectivity index (χ1v) is 8.12. The maximum atomic E-state index is 12.2. The van der Waals surface area contributed by atoms with E-state index in [-0.39, 0.29) is 16.5 Å². The number of rotatable bonds is 4. The highest BCUT2D eigenvalue weighted by Crippen LogP contribution is 2.18. The fourth-order valence-electron chi connectivity index (χ4n) is 1.68. The molecule has 1 atom stereocenters. The zero-order valence-corrected chi connectivity index (χ0v) is 13.0. The van der Waals surface area contributed by atoms with Gasteiger partial charge < -0.3 is 4.98 Å². The van der Waals surface area contributed by atoms with Gasteiger partial charge in [0.1, 0.15) is 0 Å². The number of hydrogen-bond acceptors (Lipinski definition) is 3. The largest absolute Gasteiger partial charge is 0.328 e. The van der Waals surface area contributed by atoms with Gasteiger partial charge in [-0.25, -0.2) is 13.1 Å². The van der Waals surface area contributed by atoms with E-state index in [0.29, 0.717) is 0 Å². The molecule has 1 aromatic carbocycles. The number of nitrogens with one attached hydrogen (secondary N) is 2. The Kier molecular flexibility index (Phi) is 4.42. The Labute approximate surface area is 125 Å². The van der Waals surface area contributed by atoms with Crippen LogP contribution in [0.2, 0.25) is 0 Å². The van der Waals surface area contributed by atoms with Crippen LogP contribution < -0.4 is 10.3 Å². The molecule has 0 fully saturated rings. The summed E-state index contributed by atoms with van der Waals surface area (Å²) in [6.07, 6.45) is 1.18. The number of aromatic nitrogens is 1. The van der Waals surface area contributed by atoms with Gasteiger partial charge in [0.05, 0.1) is 4.90 Å². The fraction of sp³-hybridized carbons (Fsp3) is 0.154. The molecule has 1 aromatic heterocycles. The lowest BCUT2D eigenvalue weighted by molar-refractivity contribution is 0.566. The van der Waals surface area contributed by atoms with E-state index in [0.717, 1.165) is 10.0 Å². The van der Waals surface area contributed by atoms with Crippen LogP contribution >= 0.6 is 15.9 Å². The first kappa shape index (κ1) is 15.0. The molecule has 5 nitrogen and oxygen atoms in total. The van der Waals surface area contributed by atoms with Crippen molar-refractivity contribution in [1.29, 1.82) is 0 Å². The molecule has 0 aliphatic rings. The van der Waals surface area contributed by atoms with Gasteiger partial charge >= 0.3 is 0 Å². The van der Waals surface area contributed by atoms with Crippen molar-refractivity contribution in [2.75, 3.05) is 0 Å². The smallest absolute Gasteiger partial charge is 0.247 e. The lowest BCUT2D eigenvalue weighted by Crippen LogP contribution is -2.27. The summed E-state index contributed by atoms with van der Waals surface area (Å²) in [7, 11) is -3.67. The van der Waals surface area contributed by atoms with E-state index in [4.69, 9.17) is 0 Å². The van der Waals surface area contributed by atoms with E-state index in [1.165, 1.54) is 18.3 Å². The standard InChI is InChI=1S/C13H13BrN2O3S/c1-9(10-2-4-11(14)5-3-10)16-20(18,19)12-6-7-13(17)15-8-12/h2-9,16H,1H3,(H,15,17)/t9-/m1/s1. The molecule has 0 amide bonds. The molecule has 0 aliphatic heterocycles. The minimum atomic E-state index is -3.67. The highest BCUT2D eigenvalue weighted by atomic mass is 79.9. The van der Waals surface area contributed by atoms with Crippen LogP contribution in [0.5, 0.6) is 0 Å². The molecular weight excluding hydrogens is 344 g/mol. The van der Waals surface area contributed by atoms with E-state index in [1.807, 2.05) is 24.3 Å². The highest BCUT2D eigenvalue weighted by Gasteiger charge is 2.18. The number of H-pyrrole nitrogens is 1. The molecular formula is C13H13BrN2O3S. The van der Waals surface area contributed by atoms with Crippen LogP contribution in [0.1, 0.15) is 18.5 Å². The maximum Gasteiger partial charge on any atom is 0.247 e. The summed E-state index contributed by atoms with van der Waals surface area (Å²) >= 11 is 3.33. The molecule has 2 rings (SSSR count). The lowest BCUT2D eigenvalue weighted by Gasteiger charge is -2.14. The first-order chi connectivity index (χ1) is 9.38. The average molecular weight is 357 g/mol. The van der Waals surface area contributed by atoms with Crippen LogP contribution in [0.25, 0.3) is 0 Å². The SMILES string of the molecule is C[C@@H](NS(=O)(=O)c1ccc(=O)[nH]c1)c1ccc(Br)cc1. The molecule has 7 heteroatoms. The van der Waals surface area contributed by atoms with Crippen molar-refractivity contribution >= 4 is 26.0 Å². The van der Waals surface area contributed by atoms with Crippen LogP contribution in [0.3, 0.4) is 0 Å². The molecule has 0 spiro atoms. The second-order valence-electron chi connectivity index (χ2n) is 4.28. The predicted octanol–water partition coefficient (Wildman–Crippen LogP) is 2.18. The predicted molar refractivity (Wildman–Crippen MR) is 79.9 cm³/mol. The molecule has 1 heterocycles. The van der Waals surface area contributed by atoms with Gasteiger partial charge in [0.2, 0.25) is 15.6 Å². The van der Waals surface area contributed by atoms with Crippen molar-refractivity contribution in [3.63, 3.8) is 0 Å². The van der Waals surface area contributed by atoms with Crippen molar-refractivity contribution in [2.45, 2.75) is 17.9 Å². The van der Waals surface area contributed by atoms with Crippen LogP contribution in [0.4, 0.5) is 0 Å². The van der Waals surface area contributed by atoms with Crippen LogP contribution in [-0.2, 0) is 10.0 Å². The Bertz CT molecular complexity index is 733. The van der Waals surface area contributed by atoms with E-state index >= 15 is 0 Å². The van der Waals surface area contributed by atoms with Gasteiger partial charge in [-0.05, 0) is 30.7 Å². The van der Waals surface area contributed by atoms with Gasteiger partial charge in [-0.15, -0.1) is 0 Å². The minimum Gasteiger partial charge on any atom is -0.328 e. The zero-order chi connectivity index (χ0) is 14.8. The van der Waals surface area contributed by atoms with Crippen LogP contribution in [0, 0.1) is 0 Å². The molecule has 0 saturated heterocycles. The van der Waals surface area contributed by atoms with Gasteiger partial charge in [-0.2, -0.15) is 0 Å². The number of aromatic amines is 1. The van der Waals surface area contributed by atoms with E-state index in [2.05, 4.69) is 25.6 Å². The second-order valence-corrected chi connectivity index (χ2v) is 6.91. The summed E-state index contributed by atoms with van der Waals surface area (Å²) in [4.78, 5) is 13.3. The molecule has 0 bridgehead atoms. The molecule has 0 aliphatic carbocycles. The highest BCUT2D eigenvalue weighted by molar-refractivity contribution is 9.10. The minimum absolute atomic E-state index is 0.0288. The van der Waals surface area contributed by atoms with Gasteiger partial charge in [0, 0.05) is 22.8 Å². The Morgan fingerprint density at radius 2 is 1.80 bits per heavy atom. The number of halogens is 1. The topological polar surface area (TPSA) is 79.0 Å². The average Bonchev–Trinajstić information content (AvgIpc) is 2.39. The number of hydrogen-bond donors (Lipinski definition) is 2. The van der Waals surface area contributed by atoms with Gasteiger partial charge in [0.25, 0.3) is 0 Å². The van der Waals surface area contributed by atoms with Crippen molar-refractivity contribution in [1.82, 2.24) is 9.71 Å². The lowest BCUT2D eigenvalue weighted by atomic mass is 10.1. The Morgan fingerprint density at radius 3 is 2.35 bits per heavy atom. The molecule has 2 N–H and O–H groups in total. The summed E-state index contributed by atoms with van der Waals surface area (Å²) in [6.45, 7) is 1.76. The second kappa shape index (κ2) is 5.90. The Morgan fingerprint density at radius 1 is 1.15 bits per heavy atom. The van der Waals surface area contributed by atoms with Crippen LogP contribution in [0.15, 0.2) is 56.8 Å². The summed E-state index contributed by atoms with van der Waals surface area (Å²) in [5, 5.41) is 0. The van der Waals surface area contributed by atoms with Gasteiger partial charge in [-0.1, -0.05) is 28.1 Å². The summed E-state index contributed by atoms with van der Waals surface area (Å²) in [6, 6.07) is 9.45. The third-order valence-electron chi connectivity index (χ3n) is 2.77. The van der Waals surface area contributed by atoms with Gasteiger partial charge in [-0.3, -0.25) is 4.79 Å². The third kappa shape index (κ3) is 3.56. The maximum absolute atomic E-state index is 12.2.